The average molecular weight is 275 g/mol. The van der Waals surface area contributed by atoms with Gasteiger partial charge in [0.2, 0.25) is 0 Å². The van der Waals surface area contributed by atoms with Crippen molar-refractivity contribution >= 4 is 10.9 Å². The van der Waals surface area contributed by atoms with Gasteiger partial charge in [-0.1, -0.05) is 18.2 Å². The summed E-state index contributed by atoms with van der Waals surface area (Å²) in [5.41, 5.74) is 2.62. The van der Waals surface area contributed by atoms with Crippen LogP contribution < -0.4 is 0 Å². The largest absolute Gasteiger partial charge is 0.325 e. The summed E-state index contributed by atoms with van der Waals surface area (Å²) in [4.78, 5) is 9.16. The number of benzene rings is 1. The zero-order chi connectivity index (χ0) is 13.9. The maximum atomic E-state index is 4.69. The molecule has 2 aromatic heterocycles. The first-order valence-corrected chi connectivity index (χ1v) is 7.76. The van der Waals surface area contributed by atoms with Crippen LogP contribution in [-0.4, -0.2) is 14.5 Å². The topological polar surface area (TPSA) is 30.7 Å². The van der Waals surface area contributed by atoms with Gasteiger partial charge in [0, 0.05) is 35.1 Å². The summed E-state index contributed by atoms with van der Waals surface area (Å²) >= 11 is 0. The van der Waals surface area contributed by atoms with Gasteiger partial charge in [-0.2, -0.15) is 0 Å². The molecular weight excluding hydrogens is 258 g/mol. The number of aromatic nitrogens is 3. The second-order valence-electron chi connectivity index (χ2n) is 6.37. The lowest BCUT2D eigenvalue weighted by Crippen LogP contribution is -2.19. The fraction of sp³-hybridized carbons (Fsp3) is 0.333. The highest BCUT2D eigenvalue weighted by molar-refractivity contribution is 5.92. The third kappa shape index (κ3) is 1.60. The van der Waals surface area contributed by atoms with Crippen molar-refractivity contribution in [2.24, 2.45) is 5.92 Å². The van der Waals surface area contributed by atoms with Crippen molar-refractivity contribution in [2.45, 2.75) is 31.2 Å². The van der Waals surface area contributed by atoms with Crippen LogP contribution in [0.5, 0.6) is 0 Å². The first-order chi connectivity index (χ1) is 10.4. The van der Waals surface area contributed by atoms with Crippen molar-refractivity contribution < 1.29 is 0 Å². The van der Waals surface area contributed by atoms with E-state index in [1.807, 2.05) is 18.5 Å². The molecule has 3 nitrogen and oxygen atoms in total. The molecule has 0 spiro atoms. The highest BCUT2D eigenvalue weighted by atomic mass is 15.2. The van der Waals surface area contributed by atoms with E-state index >= 15 is 0 Å². The highest BCUT2D eigenvalue weighted by Gasteiger charge is 2.55. The van der Waals surface area contributed by atoms with Crippen LogP contribution in [0.1, 0.15) is 25.7 Å². The molecule has 0 radical (unpaired) electrons. The quantitative estimate of drug-likeness (QED) is 0.723. The van der Waals surface area contributed by atoms with Gasteiger partial charge >= 0.3 is 0 Å². The molecule has 3 aromatic rings. The van der Waals surface area contributed by atoms with Gasteiger partial charge < -0.3 is 4.57 Å². The van der Waals surface area contributed by atoms with Crippen LogP contribution in [0.2, 0.25) is 0 Å². The van der Waals surface area contributed by atoms with E-state index in [1.54, 1.807) is 0 Å². The molecule has 2 fully saturated rings. The van der Waals surface area contributed by atoms with Gasteiger partial charge in [-0.05, 0) is 43.7 Å². The summed E-state index contributed by atoms with van der Waals surface area (Å²) in [6.07, 6.45) is 11.4. The van der Waals surface area contributed by atoms with Crippen LogP contribution in [-0.2, 0) is 5.54 Å². The SMILES string of the molecule is c1ccc2c(-c3nccn3C3(C4CC4)CC3)ccnc2c1. The molecule has 1 aromatic carbocycles. The van der Waals surface area contributed by atoms with Gasteiger partial charge in [-0.25, -0.2) is 4.98 Å². The molecule has 5 rings (SSSR count). The lowest BCUT2D eigenvalue weighted by molar-refractivity contribution is 0.425. The molecule has 0 N–H and O–H groups in total. The minimum Gasteiger partial charge on any atom is -0.325 e. The molecule has 2 aliphatic carbocycles. The van der Waals surface area contributed by atoms with E-state index in [9.17, 15) is 0 Å². The molecular formula is C18H17N3. The second kappa shape index (κ2) is 3.94. The van der Waals surface area contributed by atoms with E-state index < -0.39 is 0 Å². The average Bonchev–Trinajstić information content (AvgIpc) is 3.44. The minimum atomic E-state index is 0.371. The predicted molar refractivity (Wildman–Crippen MR) is 82.9 cm³/mol. The number of rotatable bonds is 3. The first kappa shape index (κ1) is 11.5. The number of imidazole rings is 1. The zero-order valence-electron chi connectivity index (χ0n) is 11.9. The summed E-state index contributed by atoms with van der Waals surface area (Å²) in [6, 6.07) is 10.4. The number of nitrogens with zero attached hydrogens (tertiary/aromatic N) is 3. The normalized spacial score (nSPS) is 19.8. The molecule has 3 heteroatoms. The summed E-state index contributed by atoms with van der Waals surface area (Å²) < 4.78 is 2.45. The minimum absolute atomic E-state index is 0.371. The molecule has 0 aliphatic heterocycles. The van der Waals surface area contributed by atoms with Crippen LogP contribution in [0.15, 0.2) is 48.9 Å². The number of hydrogen-bond donors (Lipinski definition) is 0. The second-order valence-corrected chi connectivity index (χ2v) is 6.37. The van der Waals surface area contributed by atoms with E-state index in [0.29, 0.717) is 5.54 Å². The van der Waals surface area contributed by atoms with Gasteiger partial charge in [0.1, 0.15) is 5.82 Å². The Labute approximate surface area is 123 Å². The van der Waals surface area contributed by atoms with Crippen LogP contribution in [0.3, 0.4) is 0 Å². The summed E-state index contributed by atoms with van der Waals surface area (Å²) in [7, 11) is 0. The Hall–Kier alpha value is -2.16. The van der Waals surface area contributed by atoms with E-state index in [1.165, 1.54) is 36.6 Å². The fourth-order valence-electron chi connectivity index (χ4n) is 3.75. The maximum absolute atomic E-state index is 4.69. The van der Waals surface area contributed by atoms with Crippen molar-refractivity contribution in [2.75, 3.05) is 0 Å². The molecule has 2 saturated carbocycles. The van der Waals surface area contributed by atoms with Crippen molar-refractivity contribution in [1.29, 1.82) is 0 Å². The Morgan fingerprint density at radius 3 is 2.67 bits per heavy atom. The third-order valence-corrected chi connectivity index (χ3v) is 5.11. The molecule has 104 valence electrons. The van der Waals surface area contributed by atoms with Gasteiger partial charge in [-0.3, -0.25) is 4.98 Å². The van der Waals surface area contributed by atoms with Gasteiger partial charge in [0.15, 0.2) is 0 Å². The third-order valence-electron chi connectivity index (χ3n) is 5.11. The maximum Gasteiger partial charge on any atom is 0.141 e. The van der Waals surface area contributed by atoms with Crippen molar-refractivity contribution in [3.63, 3.8) is 0 Å². The Morgan fingerprint density at radius 1 is 1.00 bits per heavy atom. The van der Waals surface area contributed by atoms with Crippen LogP contribution >= 0.6 is 0 Å². The van der Waals surface area contributed by atoms with E-state index in [2.05, 4.69) is 45.0 Å². The summed E-state index contributed by atoms with van der Waals surface area (Å²) in [5, 5.41) is 1.19. The van der Waals surface area contributed by atoms with E-state index in [-0.39, 0.29) is 0 Å². The Kier molecular flexibility index (Phi) is 2.16. The van der Waals surface area contributed by atoms with Crippen LogP contribution in [0.25, 0.3) is 22.3 Å². The number of hydrogen-bond acceptors (Lipinski definition) is 2. The molecule has 0 atom stereocenters. The smallest absolute Gasteiger partial charge is 0.141 e. The Balaban J connectivity index is 1.73. The Morgan fingerprint density at radius 2 is 1.86 bits per heavy atom. The summed E-state index contributed by atoms with van der Waals surface area (Å²) in [5.74, 6) is 1.98. The standard InChI is InChI=1S/C18H17N3/c1-2-4-16-14(3-1)15(7-10-19-16)17-20-11-12-21(17)18(8-9-18)13-5-6-13/h1-4,7,10-13H,5-6,8-9H2. The molecule has 2 aliphatic rings. The summed E-state index contributed by atoms with van der Waals surface area (Å²) in [6.45, 7) is 0. The van der Waals surface area contributed by atoms with Gasteiger partial charge in [0.25, 0.3) is 0 Å². The lowest BCUT2D eigenvalue weighted by Gasteiger charge is -2.20. The van der Waals surface area contributed by atoms with Crippen molar-refractivity contribution in [3.05, 3.63) is 48.9 Å². The van der Waals surface area contributed by atoms with Crippen LogP contribution in [0, 0.1) is 5.92 Å². The van der Waals surface area contributed by atoms with Crippen LogP contribution in [0.4, 0.5) is 0 Å². The number of fused-ring (bicyclic) bond motifs is 1. The van der Waals surface area contributed by atoms with E-state index in [4.69, 9.17) is 0 Å². The highest BCUT2D eigenvalue weighted by Crippen LogP contribution is 2.60. The van der Waals surface area contributed by atoms with Gasteiger partial charge in [0.05, 0.1) is 5.52 Å². The first-order valence-electron chi connectivity index (χ1n) is 7.76. The number of pyridine rings is 1. The van der Waals surface area contributed by atoms with Crippen molar-refractivity contribution in [1.82, 2.24) is 14.5 Å². The van der Waals surface area contributed by atoms with Crippen molar-refractivity contribution in [3.8, 4) is 11.4 Å². The molecule has 0 amide bonds. The predicted octanol–water partition coefficient (Wildman–Crippen LogP) is 4.00. The molecule has 0 unspecified atom stereocenters. The molecule has 21 heavy (non-hydrogen) atoms. The number of para-hydroxylation sites is 1. The molecule has 0 saturated heterocycles. The lowest BCUT2D eigenvalue weighted by atomic mass is 10.1. The molecule has 2 heterocycles. The van der Waals surface area contributed by atoms with Gasteiger partial charge in [-0.15, -0.1) is 0 Å². The fourth-order valence-corrected chi connectivity index (χ4v) is 3.75. The molecule has 0 bridgehead atoms. The van der Waals surface area contributed by atoms with E-state index in [0.717, 1.165) is 17.3 Å². The monoisotopic (exact) mass is 275 g/mol. The Bertz CT molecular complexity index is 820. The zero-order valence-corrected chi connectivity index (χ0v) is 11.9.